The summed E-state index contributed by atoms with van der Waals surface area (Å²) in [5.41, 5.74) is 7.36. The number of nitrogens with zero attached hydrogens (tertiary/aromatic N) is 1. The molecule has 0 radical (unpaired) electrons. The molecule has 0 atom stereocenters. The van der Waals surface area contributed by atoms with E-state index in [4.69, 9.17) is 5.73 Å². The van der Waals surface area contributed by atoms with Gasteiger partial charge in [-0.1, -0.05) is 36.4 Å². The summed E-state index contributed by atoms with van der Waals surface area (Å²) in [6, 6.07) is 14.5. The fourth-order valence-electron chi connectivity index (χ4n) is 2.17. The van der Waals surface area contributed by atoms with Gasteiger partial charge in [0, 0.05) is 37.3 Å². The molecule has 2 rings (SSSR count). The minimum absolute atomic E-state index is 0.284. The third-order valence-corrected chi connectivity index (χ3v) is 3.22. The summed E-state index contributed by atoms with van der Waals surface area (Å²) < 4.78 is 0. The van der Waals surface area contributed by atoms with Crippen LogP contribution < -0.4 is 5.73 Å². The number of hydrogen-bond donors (Lipinski definition) is 3. The van der Waals surface area contributed by atoms with Crippen LogP contribution >= 0.6 is 0 Å². The SMILES string of the molecule is NCCN(Cc1ccccc1O)Cc1ccccc1O. The highest BCUT2D eigenvalue weighted by atomic mass is 16.3. The molecule has 4 N–H and O–H groups in total. The molecule has 2 aromatic rings. The second-order valence-corrected chi connectivity index (χ2v) is 4.76. The van der Waals surface area contributed by atoms with Gasteiger partial charge in [-0.25, -0.2) is 0 Å². The van der Waals surface area contributed by atoms with Crippen LogP contribution in [0.4, 0.5) is 0 Å². The summed E-state index contributed by atoms with van der Waals surface area (Å²) in [6.07, 6.45) is 0. The predicted molar refractivity (Wildman–Crippen MR) is 79.4 cm³/mol. The van der Waals surface area contributed by atoms with Crippen molar-refractivity contribution in [2.75, 3.05) is 13.1 Å². The van der Waals surface area contributed by atoms with Crippen molar-refractivity contribution >= 4 is 0 Å². The Morgan fingerprint density at radius 3 is 1.65 bits per heavy atom. The largest absolute Gasteiger partial charge is 0.508 e. The number of para-hydroxylation sites is 2. The maximum absolute atomic E-state index is 9.84. The van der Waals surface area contributed by atoms with Gasteiger partial charge in [0.05, 0.1) is 0 Å². The molecule has 0 aliphatic rings. The van der Waals surface area contributed by atoms with Crippen molar-refractivity contribution in [2.45, 2.75) is 13.1 Å². The van der Waals surface area contributed by atoms with Crippen LogP contribution in [0.25, 0.3) is 0 Å². The van der Waals surface area contributed by atoms with Gasteiger partial charge in [0.1, 0.15) is 11.5 Å². The van der Waals surface area contributed by atoms with Gasteiger partial charge in [-0.05, 0) is 12.1 Å². The first-order chi connectivity index (χ1) is 9.70. The van der Waals surface area contributed by atoms with Crippen LogP contribution in [0.1, 0.15) is 11.1 Å². The fourth-order valence-corrected chi connectivity index (χ4v) is 2.17. The van der Waals surface area contributed by atoms with E-state index in [0.717, 1.165) is 11.1 Å². The lowest BCUT2D eigenvalue weighted by atomic mass is 10.1. The van der Waals surface area contributed by atoms with Gasteiger partial charge < -0.3 is 15.9 Å². The smallest absolute Gasteiger partial charge is 0.120 e. The molecule has 0 spiro atoms. The van der Waals surface area contributed by atoms with Crippen molar-refractivity contribution in [1.29, 1.82) is 0 Å². The van der Waals surface area contributed by atoms with E-state index in [-0.39, 0.29) is 11.5 Å². The number of rotatable bonds is 6. The van der Waals surface area contributed by atoms with E-state index >= 15 is 0 Å². The maximum atomic E-state index is 9.84. The zero-order chi connectivity index (χ0) is 14.4. The molecule has 0 aliphatic heterocycles. The maximum Gasteiger partial charge on any atom is 0.120 e. The van der Waals surface area contributed by atoms with Gasteiger partial charge in [0.25, 0.3) is 0 Å². The monoisotopic (exact) mass is 272 g/mol. The second-order valence-electron chi connectivity index (χ2n) is 4.76. The molecule has 0 aromatic heterocycles. The summed E-state index contributed by atoms with van der Waals surface area (Å²) >= 11 is 0. The Morgan fingerprint density at radius 2 is 1.25 bits per heavy atom. The Balaban J connectivity index is 2.12. The van der Waals surface area contributed by atoms with E-state index in [0.29, 0.717) is 26.2 Å². The Bertz CT molecular complexity index is 510. The molecule has 4 nitrogen and oxygen atoms in total. The normalized spacial score (nSPS) is 10.9. The highest BCUT2D eigenvalue weighted by Gasteiger charge is 2.10. The van der Waals surface area contributed by atoms with E-state index in [9.17, 15) is 10.2 Å². The van der Waals surface area contributed by atoms with Crippen molar-refractivity contribution in [3.63, 3.8) is 0 Å². The van der Waals surface area contributed by atoms with Crippen LogP contribution in [0.5, 0.6) is 11.5 Å². The van der Waals surface area contributed by atoms with Crippen molar-refractivity contribution in [1.82, 2.24) is 4.90 Å². The Kier molecular flexibility index (Phi) is 4.98. The van der Waals surface area contributed by atoms with Gasteiger partial charge >= 0.3 is 0 Å². The van der Waals surface area contributed by atoms with Crippen LogP contribution in [-0.2, 0) is 13.1 Å². The van der Waals surface area contributed by atoms with Gasteiger partial charge in [0.2, 0.25) is 0 Å². The first kappa shape index (κ1) is 14.4. The van der Waals surface area contributed by atoms with Gasteiger partial charge in [-0.15, -0.1) is 0 Å². The lowest BCUT2D eigenvalue weighted by Crippen LogP contribution is -2.28. The molecule has 4 heteroatoms. The second kappa shape index (κ2) is 6.93. The Labute approximate surface area is 119 Å². The minimum atomic E-state index is 0.284. The highest BCUT2D eigenvalue weighted by molar-refractivity contribution is 5.33. The number of benzene rings is 2. The first-order valence-corrected chi connectivity index (χ1v) is 6.67. The first-order valence-electron chi connectivity index (χ1n) is 6.67. The molecule has 2 aromatic carbocycles. The third-order valence-electron chi connectivity index (χ3n) is 3.22. The standard InChI is InChI=1S/C16H20N2O2/c17-9-10-18(11-13-5-1-3-7-15(13)19)12-14-6-2-4-8-16(14)20/h1-8,19-20H,9-12,17H2. The number of phenols is 2. The molecule has 0 heterocycles. The molecular weight excluding hydrogens is 252 g/mol. The van der Waals surface area contributed by atoms with Crippen LogP contribution in [0.2, 0.25) is 0 Å². The molecule has 0 bridgehead atoms. The summed E-state index contributed by atoms with van der Waals surface area (Å²) in [6.45, 7) is 2.42. The van der Waals surface area contributed by atoms with E-state index in [2.05, 4.69) is 4.90 Å². The molecule has 20 heavy (non-hydrogen) atoms. The van der Waals surface area contributed by atoms with Crippen LogP contribution in [0.3, 0.4) is 0 Å². The zero-order valence-electron chi connectivity index (χ0n) is 11.4. The average Bonchev–Trinajstić information content (AvgIpc) is 2.44. The summed E-state index contributed by atoms with van der Waals surface area (Å²) in [4.78, 5) is 2.10. The molecule has 0 amide bonds. The van der Waals surface area contributed by atoms with Crippen LogP contribution in [0, 0.1) is 0 Å². The highest BCUT2D eigenvalue weighted by Crippen LogP contribution is 2.21. The van der Waals surface area contributed by atoms with Gasteiger partial charge in [0.15, 0.2) is 0 Å². The van der Waals surface area contributed by atoms with Gasteiger partial charge in [-0.3, -0.25) is 4.90 Å². The summed E-state index contributed by atoms with van der Waals surface area (Å²) in [5.74, 6) is 0.568. The van der Waals surface area contributed by atoms with Gasteiger partial charge in [-0.2, -0.15) is 0 Å². The lowest BCUT2D eigenvalue weighted by Gasteiger charge is -2.22. The minimum Gasteiger partial charge on any atom is -0.508 e. The van der Waals surface area contributed by atoms with Crippen molar-refractivity contribution in [2.24, 2.45) is 5.73 Å². The molecule has 0 fully saturated rings. The molecular formula is C16H20N2O2. The van der Waals surface area contributed by atoms with E-state index in [1.807, 2.05) is 24.3 Å². The van der Waals surface area contributed by atoms with E-state index in [1.165, 1.54) is 0 Å². The third kappa shape index (κ3) is 3.73. The molecule has 0 saturated heterocycles. The molecule has 0 saturated carbocycles. The summed E-state index contributed by atoms with van der Waals surface area (Å²) in [7, 11) is 0. The number of hydrogen-bond acceptors (Lipinski definition) is 4. The van der Waals surface area contributed by atoms with Crippen molar-refractivity contribution < 1.29 is 10.2 Å². The molecule has 0 aliphatic carbocycles. The average molecular weight is 272 g/mol. The number of phenolic OH excluding ortho intramolecular Hbond substituents is 2. The summed E-state index contributed by atoms with van der Waals surface area (Å²) in [5, 5.41) is 19.7. The van der Waals surface area contributed by atoms with E-state index < -0.39 is 0 Å². The lowest BCUT2D eigenvalue weighted by molar-refractivity contribution is 0.257. The number of nitrogens with two attached hydrogens (primary N) is 1. The molecule has 0 unspecified atom stereocenters. The quantitative estimate of drug-likeness (QED) is 0.753. The molecule has 106 valence electrons. The van der Waals surface area contributed by atoms with E-state index in [1.54, 1.807) is 24.3 Å². The fraction of sp³-hybridized carbons (Fsp3) is 0.250. The Morgan fingerprint density at radius 1 is 0.800 bits per heavy atom. The van der Waals surface area contributed by atoms with Crippen LogP contribution in [0.15, 0.2) is 48.5 Å². The topological polar surface area (TPSA) is 69.7 Å². The van der Waals surface area contributed by atoms with Crippen molar-refractivity contribution in [3.05, 3.63) is 59.7 Å². The van der Waals surface area contributed by atoms with Crippen molar-refractivity contribution in [3.8, 4) is 11.5 Å². The zero-order valence-corrected chi connectivity index (χ0v) is 11.4. The Hall–Kier alpha value is -2.04. The van der Waals surface area contributed by atoms with Crippen LogP contribution in [-0.4, -0.2) is 28.2 Å². The predicted octanol–water partition coefficient (Wildman–Crippen LogP) is 2.06. The number of aromatic hydroxyl groups is 2.